The van der Waals surface area contributed by atoms with Gasteiger partial charge in [-0.25, -0.2) is 4.39 Å². The van der Waals surface area contributed by atoms with E-state index in [2.05, 4.69) is 10.6 Å². The third-order valence-corrected chi connectivity index (χ3v) is 3.68. The van der Waals surface area contributed by atoms with Crippen LogP contribution in [-0.4, -0.2) is 30.9 Å². The van der Waals surface area contributed by atoms with Crippen LogP contribution in [0.15, 0.2) is 41.0 Å². The van der Waals surface area contributed by atoms with Crippen molar-refractivity contribution in [1.82, 2.24) is 10.6 Å². The molecule has 0 aliphatic heterocycles. The number of esters is 1. The van der Waals surface area contributed by atoms with Crippen LogP contribution in [0.4, 0.5) is 4.39 Å². The summed E-state index contributed by atoms with van der Waals surface area (Å²) in [6.45, 7) is 1.66. The lowest BCUT2D eigenvalue weighted by atomic mass is 10.1. The lowest BCUT2D eigenvalue weighted by molar-refractivity contribution is -0.148. The molecule has 0 unspecified atom stereocenters. The average molecular weight is 376 g/mol. The van der Waals surface area contributed by atoms with Crippen molar-refractivity contribution in [3.63, 3.8) is 0 Å². The monoisotopic (exact) mass is 376 g/mol. The van der Waals surface area contributed by atoms with E-state index in [0.29, 0.717) is 17.5 Å². The number of furan rings is 1. The number of halogens is 1. The molecule has 0 fully saturated rings. The van der Waals surface area contributed by atoms with E-state index in [1.165, 1.54) is 18.4 Å². The van der Waals surface area contributed by atoms with E-state index in [-0.39, 0.29) is 37.0 Å². The molecule has 27 heavy (non-hydrogen) atoms. The van der Waals surface area contributed by atoms with E-state index in [9.17, 15) is 18.8 Å². The van der Waals surface area contributed by atoms with Gasteiger partial charge in [-0.05, 0) is 42.7 Å². The fraction of sp³-hybridized carbons (Fsp3) is 0.316. The molecule has 2 rings (SSSR count). The van der Waals surface area contributed by atoms with Gasteiger partial charge in [0.1, 0.15) is 5.82 Å². The summed E-state index contributed by atoms with van der Waals surface area (Å²) in [6, 6.07) is 7.82. The van der Waals surface area contributed by atoms with Crippen molar-refractivity contribution in [2.24, 2.45) is 0 Å². The third-order valence-electron chi connectivity index (χ3n) is 3.68. The predicted molar refractivity (Wildman–Crippen MR) is 94.2 cm³/mol. The molecule has 0 radical (unpaired) electrons. The Morgan fingerprint density at radius 3 is 2.70 bits per heavy atom. The van der Waals surface area contributed by atoms with Crippen molar-refractivity contribution in [3.05, 3.63) is 59.3 Å². The zero-order valence-electron chi connectivity index (χ0n) is 14.9. The fourth-order valence-corrected chi connectivity index (χ4v) is 2.15. The molecular formula is C19H21FN2O5. The molecule has 8 heteroatoms. The minimum atomic E-state index is -0.543. The van der Waals surface area contributed by atoms with E-state index in [1.807, 2.05) is 0 Å². The Labute approximate surface area is 155 Å². The number of hydrogen-bond donors (Lipinski definition) is 2. The highest BCUT2D eigenvalue weighted by Gasteiger charge is 2.10. The highest BCUT2D eigenvalue weighted by atomic mass is 19.1. The summed E-state index contributed by atoms with van der Waals surface area (Å²) >= 11 is 0. The standard InChI is InChI=1S/C19H21FN2O5/c1-13-6-7-14(10-15(13)20)11-22-17(23)12-27-18(24)5-2-8-21-19(25)16-4-3-9-26-16/h3-4,6-7,9-10H,2,5,8,11-12H2,1H3,(H,21,25)(H,22,23). The molecule has 2 N–H and O–H groups in total. The molecule has 0 aliphatic carbocycles. The number of rotatable bonds is 9. The first kappa shape index (κ1) is 20.2. The fourth-order valence-electron chi connectivity index (χ4n) is 2.15. The van der Waals surface area contributed by atoms with E-state index in [0.717, 1.165) is 0 Å². The van der Waals surface area contributed by atoms with Gasteiger partial charge in [0.05, 0.1) is 6.26 Å². The minimum Gasteiger partial charge on any atom is -0.459 e. The van der Waals surface area contributed by atoms with Gasteiger partial charge in [0.15, 0.2) is 12.4 Å². The number of carbonyl (C=O) groups excluding carboxylic acids is 3. The molecule has 7 nitrogen and oxygen atoms in total. The number of carbonyl (C=O) groups is 3. The van der Waals surface area contributed by atoms with Crippen LogP contribution in [-0.2, 0) is 20.9 Å². The zero-order chi connectivity index (χ0) is 19.6. The third kappa shape index (κ3) is 6.93. The Kier molecular flexibility index (Phi) is 7.54. The lowest BCUT2D eigenvalue weighted by Gasteiger charge is -2.08. The first-order chi connectivity index (χ1) is 13.0. The Balaban J connectivity index is 1.57. The summed E-state index contributed by atoms with van der Waals surface area (Å²) in [5.74, 6) is -1.52. The zero-order valence-corrected chi connectivity index (χ0v) is 14.9. The molecule has 144 valence electrons. The van der Waals surface area contributed by atoms with Crippen molar-refractivity contribution < 1.29 is 27.9 Å². The molecule has 2 aromatic rings. The second kappa shape index (κ2) is 10.1. The molecule has 1 aromatic heterocycles. The maximum Gasteiger partial charge on any atom is 0.306 e. The second-order valence-corrected chi connectivity index (χ2v) is 5.86. The summed E-state index contributed by atoms with van der Waals surface area (Å²) in [6.07, 6.45) is 1.83. The summed E-state index contributed by atoms with van der Waals surface area (Å²) in [4.78, 5) is 34.9. The number of aryl methyl sites for hydroxylation is 1. The Morgan fingerprint density at radius 2 is 2.00 bits per heavy atom. The second-order valence-electron chi connectivity index (χ2n) is 5.86. The average Bonchev–Trinajstić information content (AvgIpc) is 3.19. The van der Waals surface area contributed by atoms with E-state index in [4.69, 9.17) is 9.15 Å². The molecule has 0 aliphatic rings. The molecule has 0 bridgehead atoms. The maximum absolute atomic E-state index is 13.4. The number of ether oxygens (including phenoxy) is 1. The predicted octanol–water partition coefficient (Wildman–Crippen LogP) is 2.10. The van der Waals surface area contributed by atoms with Crippen LogP contribution in [0.2, 0.25) is 0 Å². The van der Waals surface area contributed by atoms with E-state index >= 15 is 0 Å². The number of amides is 2. The lowest BCUT2D eigenvalue weighted by Crippen LogP contribution is -2.28. The molecular weight excluding hydrogens is 355 g/mol. The largest absolute Gasteiger partial charge is 0.459 e. The molecule has 0 saturated heterocycles. The van der Waals surface area contributed by atoms with Gasteiger partial charge in [-0.2, -0.15) is 0 Å². The van der Waals surface area contributed by atoms with Gasteiger partial charge in [0, 0.05) is 19.5 Å². The van der Waals surface area contributed by atoms with E-state index in [1.54, 1.807) is 25.1 Å². The van der Waals surface area contributed by atoms with Gasteiger partial charge >= 0.3 is 5.97 Å². The quantitative estimate of drug-likeness (QED) is 0.516. The van der Waals surface area contributed by atoms with Gasteiger partial charge in [0.25, 0.3) is 11.8 Å². The van der Waals surface area contributed by atoms with Crippen LogP contribution >= 0.6 is 0 Å². The van der Waals surface area contributed by atoms with Gasteiger partial charge in [-0.15, -0.1) is 0 Å². The molecule has 1 heterocycles. The van der Waals surface area contributed by atoms with E-state index < -0.39 is 18.5 Å². The van der Waals surface area contributed by atoms with Gasteiger partial charge in [-0.3, -0.25) is 14.4 Å². The van der Waals surface area contributed by atoms with Crippen molar-refractivity contribution in [2.75, 3.05) is 13.2 Å². The Hall–Kier alpha value is -3.16. The van der Waals surface area contributed by atoms with Crippen LogP contribution in [0.1, 0.15) is 34.5 Å². The SMILES string of the molecule is Cc1ccc(CNC(=O)COC(=O)CCCNC(=O)c2ccco2)cc1F. The normalized spacial score (nSPS) is 10.3. The van der Waals surface area contributed by atoms with Crippen molar-refractivity contribution in [1.29, 1.82) is 0 Å². The molecule has 2 amide bonds. The highest BCUT2D eigenvalue weighted by Crippen LogP contribution is 2.08. The Morgan fingerprint density at radius 1 is 1.19 bits per heavy atom. The minimum absolute atomic E-state index is 0.0644. The van der Waals surface area contributed by atoms with Crippen molar-refractivity contribution >= 4 is 17.8 Å². The molecule has 0 spiro atoms. The van der Waals surface area contributed by atoms with Crippen molar-refractivity contribution in [3.8, 4) is 0 Å². The smallest absolute Gasteiger partial charge is 0.306 e. The summed E-state index contributed by atoms with van der Waals surface area (Å²) in [5.41, 5.74) is 1.14. The van der Waals surface area contributed by atoms with Crippen LogP contribution < -0.4 is 10.6 Å². The summed E-state index contributed by atoms with van der Waals surface area (Å²) in [7, 11) is 0. The maximum atomic E-state index is 13.4. The first-order valence-electron chi connectivity index (χ1n) is 8.45. The van der Waals surface area contributed by atoms with Gasteiger partial charge in [0.2, 0.25) is 0 Å². The van der Waals surface area contributed by atoms with Gasteiger partial charge < -0.3 is 19.8 Å². The van der Waals surface area contributed by atoms with Crippen LogP contribution in [0.3, 0.4) is 0 Å². The van der Waals surface area contributed by atoms with Crippen LogP contribution in [0.25, 0.3) is 0 Å². The number of hydrogen-bond acceptors (Lipinski definition) is 5. The molecule has 1 aromatic carbocycles. The molecule has 0 atom stereocenters. The van der Waals surface area contributed by atoms with Crippen molar-refractivity contribution in [2.45, 2.75) is 26.3 Å². The van der Waals surface area contributed by atoms with Crippen LogP contribution in [0.5, 0.6) is 0 Å². The highest BCUT2D eigenvalue weighted by molar-refractivity contribution is 5.91. The summed E-state index contributed by atoms with van der Waals surface area (Å²) in [5, 5.41) is 5.15. The van der Waals surface area contributed by atoms with Gasteiger partial charge in [-0.1, -0.05) is 12.1 Å². The number of nitrogens with one attached hydrogen (secondary N) is 2. The Bertz CT molecular complexity index is 789. The summed E-state index contributed by atoms with van der Waals surface area (Å²) < 4.78 is 23.2. The first-order valence-corrected chi connectivity index (χ1v) is 8.45. The number of benzene rings is 1. The van der Waals surface area contributed by atoms with Crippen LogP contribution in [0, 0.1) is 12.7 Å². The topological polar surface area (TPSA) is 97.6 Å². The molecule has 0 saturated carbocycles.